The van der Waals surface area contributed by atoms with Crippen LogP contribution in [0.5, 0.6) is 0 Å². The SMILES string of the molecule is CCC[CH-]I.[V]. The minimum Gasteiger partial charge on any atom is -0.316 e. The van der Waals surface area contributed by atoms with Crippen LogP contribution in [0.1, 0.15) is 19.8 Å². The molecule has 0 N–H and O–H groups in total. The van der Waals surface area contributed by atoms with E-state index in [1.54, 1.807) is 0 Å². The van der Waals surface area contributed by atoms with Gasteiger partial charge in [-0.05, 0) is 0 Å². The van der Waals surface area contributed by atoms with Gasteiger partial charge in [0.2, 0.25) is 0 Å². The molecule has 0 aliphatic heterocycles. The maximum absolute atomic E-state index is 2.26. The molecule has 0 aromatic carbocycles. The summed E-state index contributed by atoms with van der Waals surface area (Å²) in [7, 11) is 0. The molecule has 0 saturated heterocycles. The van der Waals surface area contributed by atoms with Crippen LogP contribution < -0.4 is 0 Å². The Hall–Kier alpha value is 1.31. The molecular formula is C4H8IV-. The van der Waals surface area contributed by atoms with Gasteiger partial charge in [-0.3, -0.25) is 4.43 Å². The average molecular weight is 234 g/mol. The first-order valence-electron chi connectivity index (χ1n) is 1.83. The Balaban J connectivity index is 0. The molecule has 0 aliphatic rings. The third-order valence-electron chi connectivity index (χ3n) is 0.398. The monoisotopic (exact) mass is 234 g/mol. The van der Waals surface area contributed by atoms with Crippen molar-refractivity contribution in [1.29, 1.82) is 0 Å². The van der Waals surface area contributed by atoms with Crippen molar-refractivity contribution in [1.82, 2.24) is 0 Å². The van der Waals surface area contributed by atoms with Crippen LogP contribution in [0.25, 0.3) is 0 Å². The zero-order chi connectivity index (χ0) is 4.12. The van der Waals surface area contributed by atoms with E-state index in [0.717, 1.165) is 0 Å². The third kappa shape index (κ3) is 9.01. The van der Waals surface area contributed by atoms with E-state index in [1.807, 2.05) is 0 Å². The minimum atomic E-state index is 0. The van der Waals surface area contributed by atoms with Crippen LogP contribution in [0, 0.1) is 4.43 Å². The summed E-state index contributed by atoms with van der Waals surface area (Å²) in [5.41, 5.74) is 0. The van der Waals surface area contributed by atoms with Crippen LogP contribution in [-0.2, 0) is 18.6 Å². The largest absolute Gasteiger partial charge is 0.316 e. The van der Waals surface area contributed by atoms with Gasteiger partial charge in [-0.25, -0.2) is 0 Å². The topological polar surface area (TPSA) is 0 Å². The molecule has 0 atom stereocenters. The number of hydrogen-bond acceptors (Lipinski definition) is 0. The Labute approximate surface area is 65.1 Å². The molecule has 0 spiro atoms. The number of rotatable bonds is 2. The van der Waals surface area contributed by atoms with Crippen LogP contribution in [0.3, 0.4) is 0 Å². The molecule has 0 nitrogen and oxygen atoms in total. The molecule has 2 heteroatoms. The van der Waals surface area contributed by atoms with E-state index in [9.17, 15) is 0 Å². The molecule has 0 aliphatic carbocycles. The minimum absolute atomic E-state index is 0. The fourth-order valence-electron chi connectivity index (χ4n) is 0.109. The predicted octanol–water partition coefficient (Wildman–Crippen LogP) is 2.38. The van der Waals surface area contributed by atoms with E-state index < -0.39 is 0 Å². The van der Waals surface area contributed by atoms with Gasteiger partial charge in [-0.2, -0.15) is 6.42 Å². The first-order chi connectivity index (χ1) is 2.41. The molecule has 37 valence electrons. The van der Waals surface area contributed by atoms with Crippen LogP contribution in [0.4, 0.5) is 0 Å². The molecule has 0 unspecified atom stereocenters. The van der Waals surface area contributed by atoms with E-state index in [-0.39, 0.29) is 18.6 Å². The summed E-state index contributed by atoms with van der Waals surface area (Å²) in [6.07, 6.45) is 2.53. The maximum Gasteiger partial charge on any atom is 0 e. The normalized spacial score (nSPS) is 7.00. The van der Waals surface area contributed by atoms with Crippen molar-refractivity contribution in [3.8, 4) is 0 Å². The first kappa shape index (κ1) is 10.3. The van der Waals surface area contributed by atoms with Crippen LogP contribution in [0.2, 0.25) is 0 Å². The predicted molar refractivity (Wildman–Crippen MR) is 33.2 cm³/mol. The standard InChI is InChI=1S/C4H8I.V/c1-2-3-4-5;/h4H,2-3H2,1H3;/q-1;. The van der Waals surface area contributed by atoms with Crippen molar-refractivity contribution in [2.75, 3.05) is 0 Å². The second-order valence-electron chi connectivity index (χ2n) is 0.943. The Bertz CT molecular complexity index is 15.0. The van der Waals surface area contributed by atoms with Gasteiger partial charge in [0.15, 0.2) is 0 Å². The number of halogens is 1. The quantitative estimate of drug-likeness (QED) is 0.508. The van der Waals surface area contributed by atoms with Crippen LogP contribution in [-0.4, -0.2) is 0 Å². The number of unbranched alkanes of at least 4 members (excludes halogenated alkanes) is 1. The Kier molecular flexibility index (Phi) is 16.5. The van der Waals surface area contributed by atoms with Crippen molar-refractivity contribution < 1.29 is 18.6 Å². The fraction of sp³-hybridized carbons (Fsp3) is 0.750. The summed E-state index contributed by atoms with van der Waals surface area (Å²) in [4.78, 5) is 0. The molecule has 0 bridgehead atoms. The van der Waals surface area contributed by atoms with Crippen molar-refractivity contribution in [3.63, 3.8) is 0 Å². The van der Waals surface area contributed by atoms with Crippen molar-refractivity contribution >= 4 is 22.6 Å². The number of hydrogen-bond donors (Lipinski definition) is 0. The Morgan fingerprint density at radius 1 is 1.67 bits per heavy atom. The second-order valence-corrected chi connectivity index (χ2v) is 1.82. The van der Waals surface area contributed by atoms with Crippen molar-refractivity contribution in [2.45, 2.75) is 19.8 Å². The van der Waals surface area contributed by atoms with Gasteiger partial charge >= 0.3 is 0 Å². The summed E-state index contributed by atoms with van der Waals surface area (Å²) < 4.78 is 2.15. The van der Waals surface area contributed by atoms with E-state index in [4.69, 9.17) is 0 Å². The van der Waals surface area contributed by atoms with Gasteiger partial charge in [0.05, 0.1) is 0 Å². The first-order valence-corrected chi connectivity index (χ1v) is 3.08. The summed E-state index contributed by atoms with van der Waals surface area (Å²) in [5.74, 6) is 0. The van der Waals surface area contributed by atoms with E-state index in [1.165, 1.54) is 12.8 Å². The molecule has 0 saturated carbocycles. The molecule has 6 heavy (non-hydrogen) atoms. The molecule has 0 fully saturated rings. The van der Waals surface area contributed by atoms with Gasteiger partial charge in [0, 0.05) is 18.6 Å². The molecule has 0 amide bonds. The maximum atomic E-state index is 2.26. The van der Waals surface area contributed by atoms with E-state index in [2.05, 4.69) is 33.9 Å². The van der Waals surface area contributed by atoms with Gasteiger partial charge < -0.3 is 22.6 Å². The van der Waals surface area contributed by atoms with Crippen molar-refractivity contribution in [2.24, 2.45) is 0 Å². The summed E-state index contributed by atoms with van der Waals surface area (Å²) >= 11 is 2.26. The molecule has 0 heterocycles. The summed E-state index contributed by atoms with van der Waals surface area (Å²) in [6, 6.07) is 0. The third-order valence-corrected chi connectivity index (χ3v) is 1.02. The van der Waals surface area contributed by atoms with Gasteiger partial charge in [0.25, 0.3) is 0 Å². The summed E-state index contributed by atoms with van der Waals surface area (Å²) in [5, 5.41) is 0. The average Bonchev–Trinajstić information content (AvgIpc) is 1.41. The van der Waals surface area contributed by atoms with Gasteiger partial charge in [0.1, 0.15) is 0 Å². The van der Waals surface area contributed by atoms with Crippen LogP contribution >= 0.6 is 22.6 Å². The van der Waals surface area contributed by atoms with Crippen LogP contribution in [0.15, 0.2) is 0 Å². The van der Waals surface area contributed by atoms with Gasteiger partial charge in [-0.15, -0.1) is 0 Å². The summed E-state index contributed by atoms with van der Waals surface area (Å²) in [6.45, 7) is 2.18. The zero-order valence-electron chi connectivity index (χ0n) is 3.82. The zero-order valence-corrected chi connectivity index (χ0v) is 7.37. The molecule has 0 rings (SSSR count). The fourth-order valence-corrected chi connectivity index (χ4v) is 0.732. The Morgan fingerprint density at radius 2 is 2.17 bits per heavy atom. The molecule has 1 radical (unpaired) electrons. The Morgan fingerprint density at radius 3 is 2.17 bits per heavy atom. The smallest absolute Gasteiger partial charge is 0 e. The molecule has 0 aromatic heterocycles. The van der Waals surface area contributed by atoms with Gasteiger partial charge in [-0.1, -0.05) is 13.3 Å². The van der Waals surface area contributed by atoms with E-state index >= 15 is 0 Å². The molecular weight excluding hydrogens is 226 g/mol. The van der Waals surface area contributed by atoms with E-state index in [0.29, 0.717) is 0 Å². The van der Waals surface area contributed by atoms with Crippen molar-refractivity contribution in [3.05, 3.63) is 4.43 Å². The second kappa shape index (κ2) is 9.58. The molecule has 0 aromatic rings.